The van der Waals surface area contributed by atoms with Crippen LogP contribution in [0.1, 0.15) is 45.1 Å². The van der Waals surface area contributed by atoms with Crippen molar-refractivity contribution in [3.8, 4) is 11.5 Å². The molecule has 2 aromatic rings. The van der Waals surface area contributed by atoms with Gasteiger partial charge >= 0.3 is 0 Å². The second-order valence-corrected chi connectivity index (χ2v) is 5.28. The topological polar surface area (TPSA) is 29.5 Å². The molecule has 0 unspecified atom stereocenters. The molecule has 2 aromatic carbocycles. The van der Waals surface area contributed by atoms with E-state index in [1.54, 1.807) is 13.2 Å². The Hall–Kier alpha value is -1.96. The molecular weight excluding hydrogens is 260 g/mol. The molecule has 0 bridgehead atoms. The first kappa shape index (κ1) is 15.4. The average Bonchev–Trinajstić information content (AvgIpc) is 2.51. The maximum absolute atomic E-state index is 10.3. The predicted octanol–water partition coefficient (Wildman–Crippen LogP) is 5.54. The number of methoxy groups -OCH3 is 1. The van der Waals surface area contributed by atoms with Crippen molar-refractivity contribution in [3.63, 3.8) is 0 Å². The summed E-state index contributed by atoms with van der Waals surface area (Å²) in [6, 6.07) is 9.67. The van der Waals surface area contributed by atoms with E-state index in [1.807, 2.05) is 18.2 Å². The number of rotatable bonds is 6. The van der Waals surface area contributed by atoms with Crippen molar-refractivity contribution >= 4 is 16.3 Å². The first-order chi connectivity index (χ1) is 10.2. The number of fused-ring (bicyclic) bond motifs is 1. The van der Waals surface area contributed by atoms with Gasteiger partial charge < -0.3 is 9.84 Å². The van der Waals surface area contributed by atoms with Crippen LogP contribution in [0.4, 0.5) is 0 Å². The van der Waals surface area contributed by atoms with Crippen LogP contribution in [0.15, 0.2) is 36.4 Å². The molecule has 0 amide bonds. The van der Waals surface area contributed by atoms with Gasteiger partial charge in [0.1, 0.15) is 11.5 Å². The number of phenols is 1. The Labute approximate surface area is 127 Å². The van der Waals surface area contributed by atoms with E-state index in [9.17, 15) is 5.11 Å². The standard InChI is InChI=1S/C19H24O2/c1-4-6-9-14(8-5-2)15-10-7-11-16-18(21-3)13-12-17(20)19(15)16/h7,9-13,20H,4-6,8H2,1-3H3/b14-9+. The summed E-state index contributed by atoms with van der Waals surface area (Å²) < 4.78 is 5.43. The fourth-order valence-electron chi connectivity index (χ4n) is 2.74. The van der Waals surface area contributed by atoms with E-state index in [4.69, 9.17) is 4.74 Å². The number of phenolic OH excluding ortho intramolecular Hbond substituents is 1. The minimum absolute atomic E-state index is 0.319. The molecule has 0 aliphatic rings. The molecule has 2 rings (SSSR count). The first-order valence-electron chi connectivity index (χ1n) is 7.71. The Bertz CT molecular complexity index is 641. The van der Waals surface area contributed by atoms with Crippen LogP contribution in [0.5, 0.6) is 11.5 Å². The molecule has 0 saturated heterocycles. The van der Waals surface area contributed by atoms with Gasteiger partial charge in [-0.1, -0.05) is 51.0 Å². The van der Waals surface area contributed by atoms with Gasteiger partial charge in [0.25, 0.3) is 0 Å². The molecule has 0 aliphatic heterocycles. The van der Waals surface area contributed by atoms with Gasteiger partial charge in [0.05, 0.1) is 7.11 Å². The van der Waals surface area contributed by atoms with Gasteiger partial charge in [-0.25, -0.2) is 0 Å². The highest BCUT2D eigenvalue weighted by atomic mass is 16.5. The van der Waals surface area contributed by atoms with Crippen molar-refractivity contribution < 1.29 is 9.84 Å². The zero-order chi connectivity index (χ0) is 15.2. The van der Waals surface area contributed by atoms with Gasteiger partial charge in [-0.05, 0) is 36.1 Å². The van der Waals surface area contributed by atoms with E-state index in [1.165, 1.54) is 5.57 Å². The van der Waals surface area contributed by atoms with Crippen molar-refractivity contribution in [2.24, 2.45) is 0 Å². The zero-order valence-corrected chi connectivity index (χ0v) is 13.1. The van der Waals surface area contributed by atoms with Gasteiger partial charge in [-0.15, -0.1) is 0 Å². The van der Waals surface area contributed by atoms with Crippen LogP contribution in [0.2, 0.25) is 0 Å². The Balaban J connectivity index is 2.67. The first-order valence-corrected chi connectivity index (χ1v) is 7.71. The van der Waals surface area contributed by atoms with Crippen LogP contribution in [-0.2, 0) is 0 Å². The summed E-state index contributed by atoms with van der Waals surface area (Å²) in [7, 11) is 1.67. The summed E-state index contributed by atoms with van der Waals surface area (Å²) in [4.78, 5) is 0. The highest BCUT2D eigenvalue weighted by molar-refractivity contribution is 6.01. The lowest BCUT2D eigenvalue weighted by Crippen LogP contribution is -1.91. The van der Waals surface area contributed by atoms with Gasteiger partial charge in [0.2, 0.25) is 0 Å². The van der Waals surface area contributed by atoms with Crippen molar-refractivity contribution in [3.05, 3.63) is 42.0 Å². The summed E-state index contributed by atoms with van der Waals surface area (Å²) in [6.45, 7) is 4.37. The molecule has 112 valence electrons. The van der Waals surface area contributed by atoms with Crippen molar-refractivity contribution in [1.82, 2.24) is 0 Å². The molecular formula is C19H24O2. The molecule has 0 aliphatic carbocycles. The summed E-state index contributed by atoms with van der Waals surface area (Å²) in [5.41, 5.74) is 2.44. The third kappa shape index (κ3) is 3.21. The van der Waals surface area contributed by atoms with E-state index in [-0.39, 0.29) is 0 Å². The normalized spacial score (nSPS) is 11.9. The maximum atomic E-state index is 10.3. The number of hydrogen-bond acceptors (Lipinski definition) is 2. The second kappa shape index (κ2) is 7.16. The van der Waals surface area contributed by atoms with E-state index in [0.29, 0.717) is 5.75 Å². The predicted molar refractivity (Wildman–Crippen MR) is 90.0 cm³/mol. The number of ether oxygens (including phenoxy) is 1. The van der Waals surface area contributed by atoms with Gasteiger partial charge in [-0.3, -0.25) is 0 Å². The van der Waals surface area contributed by atoms with Gasteiger partial charge in [-0.2, -0.15) is 0 Å². The van der Waals surface area contributed by atoms with Gasteiger partial charge in [0, 0.05) is 10.8 Å². The number of hydrogen-bond donors (Lipinski definition) is 1. The monoisotopic (exact) mass is 284 g/mol. The fraction of sp³-hybridized carbons (Fsp3) is 0.368. The molecule has 2 nitrogen and oxygen atoms in total. The average molecular weight is 284 g/mol. The van der Waals surface area contributed by atoms with Crippen LogP contribution < -0.4 is 4.74 Å². The second-order valence-electron chi connectivity index (χ2n) is 5.28. The molecule has 0 spiro atoms. The van der Waals surface area contributed by atoms with Crippen LogP contribution in [-0.4, -0.2) is 12.2 Å². The molecule has 1 N–H and O–H groups in total. The molecule has 0 aromatic heterocycles. The van der Waals surface area contributed by atoms with Crippen molar-refractivity contribution in [1.29, 1.82) is 0 Å². The third-order valence-electron chi connectivity index (χ3n) is 3.74. The lowest BCUT2D eigenvalue weighted by molar-refractivity contribution is 0.418. The minimum atomic E-state index is 0.319. The molecule has 0 atom stereocenters. The summed E-state index contributed by atoms with van der Waals surface area (Å²) in [5, 5.41) is 12.2. The van der Waals surface area contributed by atoms with E-state index >= 15 is 0 Å². The number of unbranched alkanes of at least 4 members (excludes halogenated alkanes) is 1. The van der Waals surface area contributed by atoms with Crippen molar-refractivity contribution in [2.45, 2.75) is 39.5 Å². The molecule has 2 heteroatoms. The minimum Gasteiger partial charge on any atom is -0.507 e. The lowest BCUT2D eigenvalue weighted by Gasteiger charge is -2.14. The molecule has 0 fully saturated rings. The Morgan fingerprint density at radius 1 is 1.14 bits per heavy atom. The quantitative estimate of drug-likeness (QED) is 0.755. The number of aromatic hydroxyl groups is 1. The highest BCUT2D eigenvalue weighted by Crippen LogP contribution is 2.38. The largest absolute Gasteiger partial charge is 0.507 e. The maximum Gasteiger partial charge on any atom is 0.126 e. The number of benzene rings is 2. The molecule has 0 saturated carbocycles. The highest BCUT2D eigenvalue weighted by Gasteiger charge is 2.12. The Kier molecular flexibility index (Phi) is 5.26. The summed E-state index contributed by atoms with van der Waals surface area (Å²) in [6.07, 6.45) is 6.62. The molecule has 0 radical (unpaired) electrons. The number of allylic oxidation sites excluding steroid dienone is 2. The van der Waals surface area contributed by atoms with Crippen LogP contribution in [0, 0.1) is 0 Å². The summed E-state index contributed by atoms with van der Waals surface area (Å²) in [5.74, 6) is 1.12. The molecule has 21 heavy (non-hydrogen) atoms. The van der Waals surface area contributed by atoms with Crippen LogP contribution >= 0.6 is 0 Å². The molecule has 0 heterocycles. The van der Waals surface area contributed by atoms with Crippen molar-refractivity contribution in [2.75, 3.05) is 7.11 Å². The zero-order valence-electron chi connectivity index (χ0n) is 13.1. The SMILES string of the molecule is CCC/C=C(\CCC)c1cccc2c(OC)ccc(O)c12. The van der Waals surface area contributed by atoms with Crippen LogP contribution in [0.3, 0.4) is 0 Å². The Morgan fingerprint density at radius 3 is 2.62 bits per heavy atom. The fourth-order valence-corrected chi connectivity index (χ4v) is 2.74. The van der Waals surface area contributed by atoms with E-state index in [0.717, 1.165) is 47.8 Å². The Morgan fingerprint density at radius 2 is 1.95 bits per heavy atom. The van der Waals surface area contributed by atoms with Gasteiger partial charge in [0.15, 0.2) is 0 Å². The van der Waals surface area contributed by atoms with Crippen LogP contribution in [0.25, 0.3) is 16.3 Å². The third-order valence-corrected chi connectivity index (χ3v) is 3.74. The van der Waals surface area contributed by atoms with E-state index < -0.39 is 0 Å². The van der Waals surface area contributed by atoms with E-state index in [2.05, 4.69) is 26.0 Å². The smallest absolute Gasteiger partial charge is 0.126 e. The lowest BCUT2D eigenvalue weighted by atomic mass is 9.93. The summed E-state index contributed by atoms with van der Waals surface area (Å²) >= 11 is 0.